The molecule has 4 bridgehead atoms. The van der Waals surface area contributed by atoms with Crippen molar-refractivity contribution in [2.45, 2.75) is 167 Å². The molecule has 3 aliphatic heterocycles. The van der Waals surface area contributed by atoms with E-state index in [1.807, 2.05) is 26.0 Å². The van der Waals surface area contributed by atoms with Gasteiger partial charge in [-0.2, -0.15) is 0 Å². The van der Waals surface area contributed by atoms with Gasteiger partial charge in [-0.3, -0.25) is 29.3 Å². The molecule has 0 spiro atoms. The van der Waals surface area contributed by atoms with E-state index >= 15 is 4.39 Å². The van der Waals surface area contributed by atoms with E-state index < -0.39 is 126 Å². The highest BCUT2D eigenvalue weighted by molar-refractivity contribution is 9.09. The maximum atomic E-state index is 16.2. The van der Waals surface area contributed by atoms with E-state index in [9.17, 15) is 48.3 Å². The third-order valence-corrected chi connectivity index (χ3v) is 17.7. The number of allylic oxidation sites excluding steroid dienone is 3. The number of rotatable bonds is 25. The standard InChI is InChI=1S/C62H82BrCl2FN6O15/c1-33(2)42(28-41(73)18-13-12-14-22-84-57(78)36(5)32-63)55(76)69-46(19-16-21-68-59(67)80)48(74)27-40-26-44(64)43(29-45(40)66)56(77)71(9)38(7)58(79)86-51-30-52(75)72(10)47-25-39(24-35(4)53(47)65)23-34(3)17-15-20-50(83-11)62(82)31-49(85-60(81)70-62)37(6)54-61(51,8)87-54/h15,17,20,24-26,29,33,37-38,42,46,49-51,54,82H,5,12-14,16,18-19,21-23,27-28,30-32H2,1-4,6-11H3,(H,69,76)(H,70,81)(H3,67,68,80)/b20-15+,34-17+/t37-,38+,42+,46+,49+,50-,51+,54+,61+,62+/m1/s1. The molecule has 6 amide bonds. The lowest BCUT2D eigenvalue weighted by atomic mass is 9.83. The SMILES string of the molecule is C=C(CBr)C(=O)OCCCCCC(=O)C[C@H](C(=O)N[C@@H](CCCNC(N)=O)C(=O)Cc1cc(Cl)c(C(=O)N(C)[C@@H](C)C(=O)O[C@H]2CC(=O)N(C)c3cc(cc(C)c3Cl)C/C(C)=C/C=C/[C@@H](OC)[C@@]3(O)C[C@H](OC(=O)N3)[C@@H](C)[C@@H]3O[C@@]23C)cc1F)C(C)C. The minimum Gasteiger partial charge on any atom is -0.462 e. The molecule has 87 heavy (non-hydrogen) atoms. The second-order valence-electron chi connectivity index (χ2n) is 23.3. The monoisotopic (exact) mass is 1320 g/mol. The molecule has 3 aliphatic rings. The van der Waals surface area contributed by atoms with E-state index in [4.69, 9.17) is 52.6 Å². The molecule has 0 saturated carbocycles. The van der Waals surface area contributed by atoms with Gasteiger partial charge in [0.1, 0.15) is 41.6 Å². The van der Waals surface area contributed by atoms with E-state index in [2.05, 4.69) is 38.5 Å². The number of likely N-dealkylation sites (N-methyl/N-ethyl adjacent to an activating group) is 1. The summed E-state index contributed by atoms with van der Waals surface area (Å²) in [7, 11) is 4.19. The summed E-state index contributed by atoms with van der Waals surface area (Å²) in [4.78, 5) is 123. The first kappa shape index (κ1) is 71.5. The number of alkyl halides is 1. The molecule has 0 aromatic heterocycles. The second-order valence-corrected chi connectivity index (χ2v) is 24.6. The Kier molecular flexibility index (Phi) is 26.1. The van der Waals surface area contributed by atoms with Gasteiger partial charge in [0.15, 0.2) is 11.5 Å². The van der Waals surface area contributed by atoms with Gasteiger partial charge in [-0.05, 0) is 107 Å². The van der Waals surface area contributed by atoms with Crippen LogP contribution in [0.25, 0.3) is 0 Å². The fraction of sp³-hybridized carbons (Fsp3) is 0.565. The zero-order valence-electron chi connectivity index (χ0n) is 51.0. The van der Waals surface area contributed by atoms with Crippen molar-refractivity contribution in [3.8, 4) is 0 Å². The number of esters is 2. The van der Waals surface area contributed by atoms with Crippen molar-refractivity contribution in [1.82, 2.24) is 20.9 Å². The number of epoxide rings is 1. The Morgan fingerprint density at radius 2 is 1.76 bits per heavy atom. The molecular weight excluding hydrogens is 1240 g/mol. The van der Waals surface area contributed by atoms with Gasteiger partial charge in [0.05, 0.1) is 46.5 Å². The number of unbranched alkanes of at least 4 members (excludes halogenated alkanes) is 2. The van der Waals surface area contributed by atoms with Crippen LogP contribution in [0.15, 0.2) is 60.2 Å². The summed E-state index contributed by atoms with van der Waals surface area (Å²) in [6.45, 7) is 15.8. The number of amides is 6. The molecule has 0 unspecified atom stereocenters. The summed E-state index contributed by atoms with van der Waals surface area (Å²) in [5, 5.41) is 19.9. The van der Waals surface area contributed by atoms with Gasteiger partial charge in [0, 0.05) is 76.2 Å². The number of alkyl carbamates (subject to hydrolysis) is 1. The number of hydrogen-bond donors (Lipinski definition) is 5. The number of Topliss-reactive ketones (excluding diaryl/α,β-unsaturated/α-hetero) is 2. The number of halogens is 4. The molecule has 6 N–H and O–H groups in total. The highest BCUT2D eigenvalue weighted by Gasteiger charge is 2.64. The number of carbonyl (C=O) groups is 9. The van der Waals surface area contributed by atoms with Crippen LogP contribution in [0.4, 0.5) is 19.7 Å². The van der Waals surface area contributed by atoms with Crippen LogP contribution in [0.1, 0.15) is 126 Å². The van der Waals surface area contributed by atoms with Crippen molar-refractivity contribution in [2.24, 2.45) is 23.5 Å². The predicted octanol–water partition coefficient (Wildman–Crippen LogP) is 8.25. The van der Waals surface area contributed by atoms with Gasteiger partial charge in [-0.1, -0.05) is 96.3 Å². The number of methoxy groups -OCH3 is 1. The van der Waals surface area contributed by atoms with Crippen molar-refractivity contribution in [1.29, 1.82) is 0 Å². The predicted molar refractivity (Wildman–Crippen MR) is 328 cm³/mol. The van der Waals surface area contributed by atoms with Crippen LogP contribution in [-0.4, -0.2) is 151 Å². The molecular formula is C62H82BrCl2FN6O15. The highest BCUT2D eigenvalue weighted by Crippen LogP contribution is 2.49. The molecule has 0 aliphatic carbocycles. The molecule has 5 rings (SSSR count). The Bertz CT molecular complexity index is 3000. The van der Waals surface area contributed by atoms with Crippen molar-refractivity contribution in [3.05, 3.63) is 98.3 Å². The van der Waals surface area contributed by atoms with Gasteiger partial charge in [-0.15, -0.1) is 0 Å². The minimum atomic E-state index is -1.93. The van der Waals surface area contributed by atoms with E-state index in [-0.39, 0.29) is 84.0 Å². The lowest BCUT2D eigenvalue weighted by Gasteiger charge is -2.42. The highest BCUT2D eigenvalue weighted by atomic mass is 79.9. The molecule has 2 fully saturated rings. The number of hydrogen-bond acceptors (Lipinski definition) is 15. The van der Waals surface area contributed by atoms with Gasteiger partial charge in [0.25, 0.3) is 5.91 Å². The maximum absolute atomic E-state index is 16.2. The fourth-order valence-electron chi connectivity index (χ4n) is 10.6. The summed E-state index contributed by atoms with van der Waals surface area (Å²) in [5.74, 6) is -7.20. The number of carbonyl (C=O) groups excluding carboxylic acids is 9. The third-order valence-electron chi connectivity index (χ3n) is 16.2. The summed E-state index contributed by atoms with van der Waals surface area (Å²) < 4.78 is 45.3. The van der Waals surface area contributed by atoms with Crippen LogP contribution in [0.2, 0.25) is 10.0 Å². The van der Waals surface area contributed by atoms with E-state index in [0.29, 0.717) is 42.0 Å². The number of aryl methyl sites for hydroxylation is 1. The van der Waals surface area contributed by atoms with Crippen molar-refractivity contribution in [3.63, 3.8) is 0 Å². The molecule has 10 atom stereocenters. The van der Waals surface area contributed by atoms with E-state index in [1.165, 1.54) is 33.0 Å². The van der Waals surface area contributed by atoms with Gasteiger partial charge >= 0.3 is 24.1 Å². The molecule has 2 aromatic rings. The topological polar surface area (TPSA) is 292 Å². The van der Waals surface area contributed by atoms with Crippen LogP contribution in [0, 0.1) is 30.5 Å². The molecule has 25 heteroatoms. The first-order chi connectivity index (χ1) is 40.8. The number of benzene rings is 2. The summed E-state index contributed by atoms with van der Waals surface area (Å²) in [6, 6.07) is 2.17. The van der Waals surface area contributed by atoms with Crippen molar-refractivity contribution >= 4 is 98.2 Å². The first-order valence-corrected chi connectivity index (χ1v) is 30.8. The van der Waals surface area contributed by atoms with Gasteiger partial charge in [-0.25, -0.2) is 23.6 Å². The van der Waals surface area contributed by atoms with E-state index in [1.54, 1.807) is 45.9 Å². The summed E-state index contributed by atoms with van der Waals surface area (Å²) in [6.07, 6.45) is 1.15. The van der Waals surface area contributed by atoms with Gasteiger partial charge < -0.3 is 55.0 Å². The zero-order valence-corrected chi connectivity index (χ0v) is 54.1. The quantitative estimate of drug-likeness (QED) is 0.0156. The first-order valence-electron chi connectivity index (χ1n) is 28.9. The van der Waals surface area contributed by atoms with Crippen LogP contribution in [-0.2, 0) is 65.3 Å². The molecule has 2 aromatic carbocycles. The molecule has 3 heterocycles. The molecule has 21 nitrogen and oxygen atoms in total. The number of aliphatic hydroxyl groups is 1. The Labute approximate surface area is 526 Å². The average Bonchev–Trinajstić information content (AvgIpc) is 1.61. The number of nitrogens with two attached hydrogens (primary N) is 1. The third kappa shape index (κ3) is 19.1. The van der Waals surface area contributed by atoms with Gasteiger partial charge in [0.2, 0.25) is 11.8 Å². The second kappa shape index (κ2) is 31.8. The largest absolute Gasteiger partial charge is 0.462 e. The van der Waals surface area contributed by atoms with Crippen LogP contribution in [0.5, 0.6) is 0 Å². The Morgan fingerprint density at radius 1 is 1.06 bits per heavy atom. The molecule has 478 valence electrons. The van der Waals surface area contributed by atoms with Crippen molar-refractivity contribution < 1.29 is 76.3 Å². The Balaban J connectivity index is 1.33. The van der Waals surface area contributed by atoms with Crippen molar-refractivity contribution in [2.75, 3.05) is 44.6 Å². The smallest absolute Gasteiger partial charge is 0.409 e. The number of ketones is 2. The number of ether oxygens (including phenoxy) is 5. The number of urea groups is 1. The average molecular weight is 1320 g/mol. The number of primary amides is 1. The van der Waals surface area contributed by atoms with Crippen LogP contribution >= 0.6 is 39.1 Å². The molecule has 0 radical (unpaired) electrons. The lowest BCUT2D eigenvalue weighted by Crippen LogP contribution is -2.63. The maximum Gasteiger partial charge on any atom is 0.409 e. The molecule has 2 saturated heterocycles. The summed E-state index contributed by atoms with van der Waals surface area (Å²) >= 11 is 16.7. The van der Waals surface area contributed by atoms with Crippen LogP contribution < -0.4 is 26.6 Å². The Hall–Kier alpha value is -6.24. The number of anilines is 1. The number of nitrogens with zero attached hydrogens (tertiary/aromatic N) is 2. The fourth-order valence-corrected chi connectivity index (χ4v) is 11.3. The van der Waals surface area contributed by atoms with Crippen LogP contribution in [0.3, 0.4) is 0 Å². The van der Waals surface area contributed by atoms with E-state index in [0.717, 1.165) is 28.2 Å². The number of fused-ring (bicyclic) bond motifs is 5. The lowest BCUT2D eigenvalue weighted by molar-refractivity contribution is -0.158. The Morgan fingerprint density at radius 3 is 2.41 bits per heavy atom. The zero-order chi connectivity index (χ0) is 64.8. The number of nitrogens with one attached hydrogen (secondary N) is 3. The normalized spacial score (nSPS) is 24.1. The summed E-state index contributed by atoms with van der Waals surface area (Å²) in [5.41, 5.74) is 4.40. The minimum absolute atomic E-state index is 0.0104.